The topological polar surface area (TPSA) is 55.1 Å². The molecule has 1 fully saturated rings. The highest BCUT2D eigenvalue weighted by atomic mass is 35.5. The lowest BCUT2D eigenvalue weighted by molar-refractivity contribution is -0.133. The van der Waals surface area contributed by atoms with Gasteiger partial charge in [0.05, 0.1) is 16.8 Å². The SMILES string of the molecule is O=C(O)CSc1nc2ccc(Cl)cc2n1C1CCSCC1. The first-order valence-corrected chi connectivity index (χ1v) is 9.27. The minimum Gasteiger partial charge on any atom is -0.481 e. The average Bonchev–Trinajstić information content (AvgIpc) is 2.83. The van der Waals surface area contributed by atoms with Gasteiger partial charge >= 0.3 is 5.97 Å². The zero-order valence-corrected chi connectivity index (χ0v) is 13.7. The molecule has 0 radical (unpaired) electrons. The summed E-state index contributed by atoms with van der Waals surface area (Å²) < 4.78 is 2.19. The van der Waals surface area contributed by atoms with E-state index in [9.17, 15) is 4.79 Å². The quantitative estimate of drug-likeness (QED) is 0.853. The van der Waals surface area contributed by atoms with Crippen LogP contribution in [-0.2, 0) is 4.79 Å². The Morgan fingerprint density at radius 2 is 2.24 bits per heavy atom. The van der Waals surface area contributed by atoms with Crippen molar-refractivity contribution in [3.63, 3.8) is 0 Å². The maximum atomic E-state index is 10.8. The molecule has 3 rings (SSSR count). The molecular weight excluding hydrogens is 328 g/mol. The van der Waals surface area contributed by atoms with E-state index in [2.05, 4.69) is 9.55 Å². The standard InChI is InChI=1S/C14H15ClN2O2S2/c15-9-1-2-11-12(7-9)17(10-3-5-20-6-4-10)14(16-11)21-8-13(18)19/h1-2,7,10H,3-6,8H2,(H,18,19). The third-order valence-corrected chi connectivity index (χ3v) is 5.72. The molecule has 0 amide bonds. The first kappa shape index (κ1) is 15.1. The summed E-state index contributed by atoms with van der Waals surface area (Å²) in [6.45, 7) is 0. The van der Waals surface area contributed by atoms with E-state index in [0.717, 1.165) is 40.5 Å². The number of thioether (sulfide) groups is 2. The van der Waals surface area contributed by atoms with Crippen LogP contribution in [0.1, 0.15) is 18.9 Å². The maximum Gasteiger partial charge on any atom is 0.313 e. The average molecular weight is 343 g/mol. The Hall–Kier alpha value is -0.850. The molecule has 1 aromatic carbocycles. The van der Waals surface area contributed by atoms with Crippen LogP contribution < -0.4 is 0 Å². The summed E-state index contributed by atoms with van der Waals surface area (Å²) in [7, 11) is 0. The summed E-state index contributed by atoms with van der Waals surface area (Å²) in [4.78, 5) is 15.4. The van der Waals surface area contributed by atoms with Crippen molar-refractivity contribution in [1.82, 2.24) is 9.55 Å². The molecule has 1 saturated heterocycles. The normalized spacial score (nSPS) is 16.4. The van der Waals surface area contributed by atoms with Gasteiger partial charge in [-0.1, -0.05) is 23.4 Å². The van der Waals surface area contributed by atoms with Crippen LogP contribution in [0.3, 0.4) is 0 Å². The molecular formula is C14H15ClN2O2S2. The van der Waals surface area contributed by atoms with Crippen LogP contribution in [0.2, 0.25) is 5.02 Å². The minimum atomic E-state index is -0.823. The molecule has 21 heavy (non-hydrogen) atoms. The Morgan fingerprint density at radius 3 is 2.95 bits per heavy atom. The summed E-state index contributed by atoms with van der Waals surface area (Å²) in [6, 6.07) is 6.03. The van der Waals surface area contributed by atoms with E-state index < -0.39 is 5.97 Å². The smallest absolute Gasteiger partial charge is 0.313 e. The van der Waals surface area contributed by atoms with Crippen LogP contribution in [0.15, 0.2) is 23.4 Å². The number of rotatable bonds is 4. The molecule has 2 heterocycles. The highest BCUT2D eigenvalue weighted by molar-refractivity contribution is 7.99. The van der Waals surface area contributed by atoms with Gasteiger partial charge in [0.1, 0.15) is 0 Å². The molecule has 0 spiro atoms. The summed E-state index contributed by atoms with van der Waals surface area (Å²) in [5.41, 5.74) is 1.89. The molecule has 0 unspecified atom stereocenters. The van der Waals surface area contributed by atoms with Crippen LogP contribution in [0.5, 0.6) is 0 Å². The Balaban J connectivity index is 2.04. The highest BCUT2D eigenvalue weighted by Crippen LogP contribution is 2.35. The number of aromatic nitrogens is 2. The highest BCUT2D eigenvalue weighted by Gasteiger charge is 2.22. The van der Waals surface area contributed by atoms with Crippen molar-refractivity contribution < 1.29 is 9.90 Å². The van der Waals surface area contributed by atoms with E-state index in [1.54, 1.807) is 0 Å². The van der Waals surface area contributed by atoms with Gasteiger partial charge in [0, 0.05) is 11.1 Å². The van der Waals surface area contributed by atoms with E-state index in [0.29, 0.717) is 11.1 Å². The fourth-order valence-corrected chi connectivity index (χ4v) is 4.62. The number of hydrogen-bond acceptors (Lipinski definition) is 4. The Bertz CT molecular complexity index is 668. The summed E-state index contributed by atoms with van der Waals surface area (Å²) in [6.07, 6.45) is 2.17. The molecule has 1 N–H and O–H groups in total. The summed E-state index contributed by atoms with van der Waals surface area (Å²) in [5, 5.41) is 10.4. The lowest BCUT2D eigenvalue weighted by Crippen LogP contribution is -2.16. The van der Waals surface area contributed by atoms with E-state index in [1.165, 1.54) is 11.8 Å². The van der Waals surface area contributed by atoms with Gasteiger partial charge < -0.3 is 9.67 Å². The van der Waals surface area contributed by atoms with Gasteiger partial charge in [-0.15, -0.1) is 0 Å². The molecule has 2 aromatic rings. The van der Waals surface area contributed by atoms with Crippen molar-refractivity contribution in [3.05, 3.63) is 23.2 Å². The second kappa shape index (κ2) is 6.50. The molecule has 112 valence electrons. The number of benzene rings is 1. The van der Waals surface area contributed by atoms with Crippen molar-refractivity contribution >= 4 is 52.1 Å². The summed E-state index contributed by atoms with van der Waals surface area (Å²) >= 11 is 9.37. The molecule has 0 bridgehead atoms. The molecule has 0 aliphatic carbocycles. The van der Waals surface area contributed by atoms with Crippen molar-refractivity contribution in [2.24, 2.45) is 0 Å². The van der Waals surface area contributed by atoms with Gasteiger partial charge in [-0.3, -0.25) is 4.79 Å². The monoisotopic (exact) mass is 342 g/mol. The number of halogens is 1. The first-order chi connectivity index (χ1) is 10.1. The van der Waals surface area contributed by atoms with Gasteiger partial charge in [0.2, 0.25) is 0 Å². The van der Waals surface area contributed by atoms with Crippen molar-refractivity contribution in [1.29, 1.82) is 0 Å². The Kier molecular flexibility index (Phi) is 4.66. The lowest BCUT2D eigenvalue weighted by atomic mass is 10.1. The van der Waals surface area contributed by atoms with E-state index in [4.69, 9.17) is 16.7 Å². The van der Waals surface area contributed by atoms with Gasteiger partial charge in [-0.25, -0.2) is 4.98 Å². The van der Waals surface area contributed by atoms with Crippen molar-refractivity contribution in [3.8, 4) is 0 Å². The fourth-order valence-electron chi connectivity index (χ4n) is 2.57. The second-order valence-electron chi connectivity index (χ2n) is 4.92. The summed E-state index contributed by atoms with van der Waals surface area (Å²) in [5.74, 6) is 1.47. The zero-order chi connectivity index (χ0) is 14.8. The number of imidazole rings is 1. The van der Waals surface area contributed by atoms with Gasteiger partial charge in [0.25, 0.3) is 0 Å². The maximum absolute atomic E-state index is 10.8. The zero-order valence-electron chi connectivity index (χ0n) is 11.3. The molecule has 0 saturated carbocycles. The fraction of sp³-hybridized carbons (Fsp3) is 0.429. The molecule has 4 nitrogen and oxygen atoms in total. The number of nitrogens with zero attached hydrogens (tertiary/aromatic N) is 2. The van der Waals surface area contributed by atoms with Crippen LogP contribution >= 0.6 is 35.1 Å². The predicted molar refractivity (Wildman–Crippen MR) is 88.7 cm³/mol. The third kappa shape index (κ3) is 3.33. The molecule has 7 heteroatoms. The third-order valence-electron chi connectivity index (χ3n) is 3.50. The Labute approximate surface area is 136 Å². The van der Waals surface area contributed by atoms with E-state index >= 15 is 0 Å². The van der Waals surface area contributed by atoms with E-state index in [-0.39, 0.29) is 5.75 Å². The van der Waals surface area contributed by atoms with Crippen LogP contribution in [0.25, 0.3) is 11.0 Å². The predicted octanol–water partition coefficient (Wildman–Crippen LogP) is 3.93. The van der Waals surface area contributed by atoms with Gasteiger partial charge in [-0.05, 0) is 42.5 Å². The Morgan fingerprint density at radius 1 is 1.48 bits per heavy atom. The molecule has 0 atom stereocenters. The second-order valence-corrected chi connectivity index (χ2v) is 7.53. The molecule has 1 aliphatic rings. The van der Waals surface area contributed by atoms with Crippen molar-refractivity contribution in [2.75, 3.05) is 17.3 Å². The number of fused-ring (bicyclic) bond motifs is 1. The van der Waals surface area contributed by atoms with Crippen LogP contribution in [0.4, 0.5) is 0 Å². The molecule has 1 aromatic heterocycles. The number of aliphatic carboxylic acids is 1. The number of carbonyl (C=O) groups is 1. The largest absolute Gasteiger partial charge is 0.481 e. The lowest BCUT2D eigenvalue weighted by Gasteiger charge is -2.25. The number of hydrogen-bond donors (Lipinski definition) is 1. The number of carboxylic acids is 1. The van der Waals surface area contributed by atoms with Crippen LogP contribution in [0, 0.1) is 0 Å². The van der Waals surface area contributed by atoms with E-state index in [1.807, 2.05) is 30.0 Å². The van der Waals surface area contributed by atoms with Crippen molar-refractivity contribution in [2.45, 2.75) is 24.0 Å². The molecule has 1 aliphatic heterocycles. The van der Waals surface area contributed by atoms with Gasteiger partial charge in [0.15, 0.2) is 5.16 Å². The van der Waals surface area contributed by atoms with Crippen LogP contribution in [-0.4, -0.2) is 37.9 Å². The van der Waals surface area contributed by atoms with Gasteiger partial charge in [-0.2, -0.15) is 11.8 Å². The number of carboxylic acid groups (broad SMARTS) is 1. The minimum absolute atomic E-state index is 0.0263. The first-order valence-electron chi connectivity index (χ1n) is 6.75.